The number of nitrogens with zero attached hydrogens (tertiary/aromatic N) is 4. The van der Waals surface area contributed by atoms with E-state index in [1.54, 1.807) is 7.11 Å². The van der Waals surface area contributed by atoms with Gasteiger partial charge in [0, 0.05) is 45.0 Å². The van der Waals surface area contributed by atoms with E-state index >= 15 is 0 Å². The van der Waals surface area contributed by atoms with Gasteiger partial charge in [-0.05, 0) is 38.2 Å². The van der Waals surface area contributed by atoms with Crippen molar-refractivity contribution < 1.29 is 17.9 Å². The molecule has 0 aromatic heterocycles. The highest BCUT2D eigenvalue weighted by Gasteiger charge is 2.28. The molecule has 0 aliphatic carbocycles. The van der Waals surface area contributed by atoms with Gasteiger partial charge in [-0.1, -0.05) is 0 Å². The summed E-state index contributed by atoms with van der Waals surface area (Å²) in [6.07, 6.45) is -4.18. The van der Waals surface area contributed by atoms with Crippen LogP contribution in [0.15, 0.2) is 29.3 Å². The van der Waals surface area contributed by atoms with Crippen molar-refractivity contribution in [2.24, 2.45) is 4.99 Å². The van der Waals surface area contributed by atoms with E-state index in [0.29, 0.717) is 6.54 Å². The van der Waals surface area contributed by atoms with E-state index in [1.165, 1.54) is 11.9 Å². The lowest BCUT2D eigenvalue weighted by molar-refractivity contribution is -0.142. The zero-order valence-corrected chi connectivity index (χ0v) is 19.5. The Morgan fingerprint density at radius 3 is 2.31 bits per heavy atom. The second-order valence-electron chi connectivity index (χ2n) is 6.76. The summed E-state index contributed by atoms with van der Waals surface area (Å²) in [6.45, 7) is 5.68. The molecule has 0 radical (unpaired) electrons. The van der Waals surface area contributed by atoms with Crippen molar-refractivity contribution in [2.75, 3.05) is 71.4 Å². The highest BCUT2D eigenvalue weighted by atomic mass is 127. The first kappa shape index (κ1) is 25.6. The van der Waals surface area contributed by atoms with Crippen LogP contribution in [0.3, 0.4) is 0 Å². The Balaban J connectivity index is 0.00000420. The number of piperazine rings is 1. The van der Waals surface area contributed by atoms with Crippen molar-refractivity contribution in [2.45, 2.75) is 13.1 Å². The molecule has 0 spiro atoms. The number of rotatable bonds is 7. The molecule has 1 aromatic rings. The number of ether oxygens (including phenoxy) is 1. The molecule has 1 aromatic carbocycles. The average molecular weight is 529 g/mol. The van der Waals surface area contributed by atoms with Crippen LogP contribution in [0.2, 0.25) is 0 Å². The lowest BCUT2D eigenvalue weighted by Crippen LogP contribution is -2.52. The smallest absolute Gasteiger partial charge is 0.401 e. The fourth-order valence-corrected chi connectivity index (χ4v) is 3.11. The zero-order chi connectivity index (χ0) is 20.6. The first-order valence-electron chi connectivity index (χ1n) is 9.50. The minimum absolute atomic E-state index is 0. The van der Waals surface area contributed by atoms with Crippen molar-refractivity contribution in [3.8, 4) is 5.75 Å². The van der Waals surface area contributed by atoms with Gasteiger partial charge in [0.05, 0.1) is 20.2 Å². The topological polar surface area (TPSA) is 43.3 Å². The molecule has 0 bridgehead atoms. The van der Waals surface area contributed by atoms with Crippen LogP contribution in [0.1, 0.15) is 6.92 Å². The van der Waals surface area contributed by atoms with E-state index < -0.39 is 12.7 Å². The average Bonchev–Trinajstić information content (AvgIpc) is 2.66. The first-order valence-corrected chi connectivity index (χ1v) is 9.50. The van der Waals surface area contributed by atoms with Crippen LogP contribution in [0.5, 0.6) is 5.75 Å². The Morgan fingerprint density at radius 2 is 1.79 bits per heavy atom. The fourth-order valence-electron chi connectivity index (χ4n) is 3.11. The molecular formula is C19H31F3IN5O. The third-order valence-corrected chi connectivity index (χ3v) is 4.54. The van der Waals surface area contributed by atoms with Gasteiger partial charge in [-0.2, -0.15) is 13.2 Å². The molecule has 6 nitrogen and oxygen atoms in total. The predicted molar refractivity (Wildman–Crippen MR) is 122 cm³/mol. The highest BCUT2D eigenvalue weighted by molar-refractivity contribution is 14.0. The van der Waals surface area contributed by atoms with Crippen LogP contribution in [0.25, 0.3) is 0 Å². The Morgan fingerprint density at radius 1 is 1.17 bits per heavy atom. The first-order chi connectivity index (χ1) is 13.3. The van der Waals surface area contributed by atoms with Gasteiger partial charge in [-0.3, -0.25) is 9.89 Å². The van der Waals surface area contributed by atoms with Gasteiger partial charge in [-0.15, -0.1) is 24.0 Å². The lowest BCUT2D eigenvalue weighted by atomic mass is 10.2. The molecule has 166 valence electrons. The van der Waals surface area contributed by atoms with Gasteiger partial charge in [0.15, 0.2) is 5.96 Å². The normalized spacial score (nSPS) is 15.3. The molecule has 10 heteroatoms. The van der Waals surface area contributed by atoms with Crippen LogP contribution >= 0.6 is 24.0 Å². The van der Waals surface area contributed by atoms with E-state index in [-0.39, 0.29) is 30.5 Å². The molecule has 1 saturated heterocycles. The Labute approximate surface area is 188 Å². The van der Waals surface area contributed by atoms with E-state index in [0.717, 1.165) is 50.1 Å². The molecule has 1 fully saturated rings. The third-order valence-electron chi connectivity index (χ3n) is 4.54. The Bertz CT molecular complexity index is 619. The number of alkyl halides is 3. The number of nitrogens with one attached hydrogen (secondary N) is 1. The molecule has 29 heavy (non-hydrogen) atoms. The molecule has 1 N–H and O–H groups in total. The van der Waals surface area contributed by atoms with Crippen molar-refractivity contribution in [3.63, 3.8) is 0 Å². The number of halogens is 4. The molecule has 0 atom stereocenters. The number of anilines is 1. The van der Waals surface area contributed by atoms with Crippen LogP contribution in [-0.2, 0) is 0 Å². The second kappa shape index (κ2) is 12.3. The lowest BCUT2D eigenvalue weighted by Gasteiger charge is -2.37. The summed E-state index contributed by atoms with van der Waals surface area (Å²) in [4.78, 5) is 10.2. The quantitative estimate of drug-likeness (QED) is 0.335. The molecule has 2 rings (SSSR count). The van der Waals surface area contributed by atoms with Gasteiger partial charge in [0.2, 0.25) is 0 Å². The maximum absolute atomic E-state index is 12.4. The van der Waals surface area contributed by atoms with Gasteiger partial charge >= 0.3 is 6.18 Å². The minimum atomic E-state index is -4.18. The second-order valence-corrected chi connectivity index (χ2v) is 6.76. The Kier molecular flexibility index (Phi) is 10.9. The van der Waals surface area contributed by atoms with Gasteiger partial charge < -0.3 is 19.9 Å². The van der Waals surface area contributed by atoms with Crippen molar-refractivity contribution in [1.29, 1.82) is 0 Å². The zero-order valence-electron chi connectivity index (χ0n) is 17.2. The van der Waals surface area contributed by atoms with Gasteiger partial charge in [0.1, 0.15) is 5.75 Å². The molecule has 1 aliphatic rings. The molecule has 1 heterocycles. The Hall–Kier alpha value is -1.43. The minimum Gasteiger partial charge on any atom is -0.497 e. The fraction of sp³-hybridized carbons (Fsp3) is 0.632. The standard InChI is InChI=1S/C19H30F3N5O.HI/c1-4-23-18(24-9-10-25(2)15-19(20,21)22)27-13-11-26(12-14-27)16-5-7-17(28-3)8-6-16;/h5-8H,4,9-15H2,1-3H3,(H,23,24);1H. The number of hydrogen-bond donors (Lipinski definition) is 1. The predicted octanol–water partition coefficient (Wildman–Crippen LogP) is 2.89. The van der Waals surface area contributed by atoms with E-state index in [1.807, 2.05) is 31.2 Å². The van der Waals surface area contributed by atoms with Gasteiger partial charge in [0.25, 0.3) is 0 Å². The molecular weight excluding hydrogens is 498 g/mol. The van der Waals surface area contributed by atoms with Crippen LogP contribution < -0.4 is 15.0 Å². The summed E-state index contributed by atoms with van der Waals surface area (Å²) in [7, 11) is 3.11. The van der Waals surface area contributed by atoms with E-state index in [9.17, 15) is 13.2 Å². The van der Waals surface area contributed by atoms with Crippen LogP contribution in [-0.4, -0.2) is 88.5 Å². The summed E-state index contributed by atoms with van der Waals surface area (Å²) in [5.41, 5.74) is 1.15. The number of methoxy groups -OCH3 is 1. The van der Waals surface area contributed by atoms with Crippen LogP contribution in [0, 0.1) is 0 Å². The summed E-state index contributed by atoms with van der Waals surface area (Å²) in [5.74, 6) is 1.59. The number of likely N-dealkylation sites (N-methyl/N-ethyl adjacent to an activating group) is 1. The molecule has 0 unspecified atom stereocenters. The summed E-state index contributed by atoms with van der Waals surface area (Å²) in [5, 5.41) is 3.24. The van der Waals surface area contributed by atoms with Crippen molar-refractivity contribution >= 4 is 35.6 Å². The van der Waals surface area contributed by atoms with Crippen molar-refractivity contribution in [3.05, 3.63) is 24.3 Å². The maximum Gasteiger partial charge on any atom is 0.401 e. The maximum atomic E-state index is 12.4. The monoisotopic (exact) mass is 529 g/mol. The van der Waals surface area contributed by atoms with E-state index in [4.69, 9.17) is 4.74 Å². The summed E-state index contributed by atoms with van der Waals surface area (Å²) < 4.78 is 42.4. The van der Waals surface area contributed by atoms with Crippen LogP contribution in [0.4, 0.5) is 18.9 Å². The third kappa shape index (κ3) is 8.85. The number of benzene rings is 1. The van der Waals surface area contributed by atoms with Crippen molar-refractivity contribution in [1.82, 2.24) is 15.1 Å². The molecule has 0 amide bonds. The number of hydrogen-bond acceptors (Lipinski definition) is 4. The number of aliphatic imine (C=N–C) groups is 1. The van der Waals surface area contributed by atoms with Gasteiger partial charge in [-0.25, -0.2) is 0 Å². The SMILES string of the molecule is CCNC(=NCCN(C)CC(F)(F)F)N1CCN(c2ccc(OC)cc2)CC1.I. The summed E-state index contributed by atoms with van der Waals surface area (Å²) in [6, 6.07) is 7.99. The number of guanidine groups is 1. The highest BCUT2D eigenvalue weighted by Crippen LogP contribution is 2.20. The largest absolute Gasteiger partial charge is 0.497 e. The van der Waals surface area contributed by atoms with E-state index in [2.05, 4.69) is 20.1 Å². The molecule has 1 aliphatic heterocycles. The molecule has 0 saturated carbocycles. The summed E-state index contributed by atoms with van der Waals surface area (Å²) >= 11 is 0.